The van der Waals surface area contributed by atoms with Crippen LogP contribution in [0.4, 0.5) is 5.69 Å². The molecule has 0 aliphatic rings. The Kier molecular flexibility index (Phi) is 6.82. The fourth-order valence-corrected chi connectivity index (χ4v) is 2.91. The Bertz CT molecular complexity index is 864. The van der Waals surface area contributed by atoms with Gasteiger partial charge in [-0.05, 0) is 49.2 Å². The van der Waals surface area contributed by atoms with Crippen LogP contribution in [0.25, 0.3) is 0 Å². The van der Waals surface area contributed by atoms with Gasteiger partial charge in [0.1, 0.15) is 12.4 Å². The van der Waals surface area contributed by atoms with Gasteiger partial charge in [0.2, 0.25) is 5.91 Å². The van der Waals surface area contributed by atoms with Crippen molar-refractivity contribution in [1.29, 1.82) is 0 Å². The van der Waals surface area contributed by atoms with Crippen molar-refractivity contribution in [2.24, 2.45) is 0 Å². The van der Waals surface area contributed by atoms with Gasteiger partial charge in [0.25, 0.3) is 0 Å². The van der Waals surface area contributed by atoms with Gasteiger partial charge in [-0.3, -0.25) is 10.1 Å². The quantitative estimate of drug-likeness (QED) is 0.587. The molecule has 0 unspecified atom stereocenters. The van der Waals surface area contributed by atoms with Gasteiger partial charge in [-0.25, -0.2) is 0 Å². The van der Waals surface area contributed by atoms with E-state index in [2.05, 4.69) is 29.7 Å². The summed E-state index contributed by atoms with van der Waals surface area (Å²) in [7, 11) is 0. The van der Waals surface area contributed by atoms with Crippen molar-refractivity contribution in [3.63, 3.8) is 0 Å². The highest BCUT2D eigenvalue weighted by molar-refractivity contribution is 5.94. The van der Waals surface area contributed by atoms with Gasteiger partial charge in [-0.2, -0.15) is 0 Å². The summed E-state index contributed by atoms with van der Waals surface area (Å²) in [5, 5.41) is 6.27. The third-order valence-corrected chi connectivity index (χ3v) is 4.56. The van der Waals surface area contributed by atoms with Gasteiger partial charge < -0.3 is 10.1 Å². The van der Waals surface area contributed by atoms with E-state index in [1.165, 1.54) is 0 Å². The maximum atomic E-state index is 12.5. The number of anilines is 1. The Labute approximate surface area is 166 Å². The van der Waals surface area contributed by atoms with Crippen molar-refractivity contribution < 1.29 is 9.53 Å². The van der Waals surface area contributed by atoms with Crippen LogP contribution >= 0.6 is 0 Å². The molecule has 0 aliphatic heterocycles. The van der Waals surface area contributed by atoms with Gasteiger partial charge in [-0.1, -0.05) is 60.7 Å². The van der Waals surface area contributed by atoms with E-state index < -0.39 is 0 Å². The van der Waals surface area contributed by atoms with Crippen LogP contribution in [0.2, 0.25) is 0 Å². The summed E-state index contributed by atoms with van der Waals surface area (Å²) < 4.78 is 5.78. The summed E-state index contributed by atoms with van der Waals surface area (Å²) in [5.41, 5.74) is 3.02. The molecule has 4 nitrogen and oxygen atoms in total. The lowest BCUT2D eigenvalue weighted by Crippen LogP contribution is -2.39. The third-order valence-electron chi connectivity index (χ3n) is 4.56. The molecule has 0 bridgehead atoms. The molecule has 144 valence electrons. The lowest BCUT2D eigenvalue weighted by atomic mass is 10.1. The van der Waals surface area contributed by atoms with Crippen molar-refractivity contribution in [2.75, 3.05) is 5.32 Å². The van der Waals surface area contributed by atoms with Gasteiger partial charge >= 0.3 is 0 Å². The summed E-state index contributed by atoms with van der Waals surface area (Å²) in [5.74, 6) is 0.700. The number of carbonyl (C=O) groups excluding carboxylic acids is 1. The number of amides is 1. The first-order valence-corrected chi connectivity index (χ1v) is 9.50. The summed E-state index contributed by atoms with van der Waals surface area (Å²) in [4.78, 5) is 12.5. The SMILES string of the molecule is C[C@H](N[C@@H](C)c1ccccc1)C(=O)Nc1ccc(OCc2ccccc2)cc1. The molecule has 4 heteroatoms. The van der Waals surface area contributed by atoms with Crippen LogP contribution in [0.15, 0.2) is 84.9 Å². The molecule has 1 amide bonds. The molecule has 0 aromatic heterocycles. The maximum Gasteiger partial charge on any atom is 0.241 e. The van der Waals surface area contributed by atoms with Gasteiger partial charge in [0.05, 0.1) is 6.04 Å². The van der Waals surface area contributed by atoms with Gasteiger partial charge in [0.15, 0.2) is 0 Å². The Morgan fingerprint density at radius 1 is 0.857 bits per heavy atom. The average Bonchev–Trinajstić information content (AvgIpc) is 2.74. The van der Waals surface area contributed by atoms with Crippen molar-refractivity contribution in [3.8, 4) is 5.75 Å². The zero-order valence-electron chi connectivity index (χ0n) is 16.3. The molecule has 0 radical (unpaired) electrons. The number of ether oxygens (including phenoxy) is 1. The van der Waals surface area contributed by atoms with Crippen LogP contribution in [0, 0.1) is 0 Å². The summed E-state index contributed by atoms with van der Waals surface area (Å²) in [6.45, 7) is 4.44. The van der Waals surface area contributed by atoms with Gasteiger partial charge in [0, 0.05) is 11.7 Å². The first-order valence-electron chi connectivity index (χ1n) is 9.50. The monoisotopic (exact) mass is 374 g/mol. The highest BCUT2D eigenvalue weighted by Gasteiger charge is 2.16. The van der Waals surface area contributed by atoms with E-state index in [4.69, 9.17) is 4.74 Å². The molecule has 0 saturated heterocycles. The third kappa shape index (κ3) is 5.69. The van der Waals surface area contributed by atoms with E-state index in [-0.39, 0.29) is 18.0 Å². The highest BCUT2D eigenvalue weighted by atomic mass is 16.5. The lowest BCUT2D eigenvalue weighted by Gasteiger charge is -2.20. The number of carbonyl (C=O) groups is 1. The second-order valence-corrected chi connectivity index (χ2v) is 6.81. The maximum absolute atomic E-state index is 12.5. The minimum Gasteiger partial charge on any atom is -0.489 e. The fourth-order valence-electron chi connectivity index (χ4n) is 2.91. The predicted molar refractivity (Wildman–Crippen MR) is 113 cm³/mol. The minimum absolute atomic E-state index is 0.0688. The molecule has 0 saturated carbocycles. The number of rotatable bonds is 8. The van der Waals surface area contributed by atoms with E-state index in [1.54, 1.807) is 0 Å². The molecule has 0 heterocycles. The first-order chi connectivity index (χ1) is 13.6. The smallest absolute Gasteiger partial charge is 0.241 e. The molecule has 2 N–H and O–H groups in total. The molecule has 0 spiro atoms. The zero-order valence-corrected chi connectivity index (χ0v) is 16.3. The Balaban J connectivity index is 1.49. The van der Waals surface area contributed by atoms with Crippen LogP contribution in [-0.2, 0) is 11.4 Å². The van der Waals surface area contributed by atoms with E-state index in [9.17, 15) is 4.79 Å². The van der Waals surface area contributed by atoms with Crippen LogP contribution < -0.4 is 15.4 Å². The fraction of sp³-hybridized carbons (Fsp3) is 0.208. The Hall–Kier alpha value is -3.11. The lowest BCUT2D eigenvalue weighted by molar-refractivity contribution is -0.117. The molecule has 3 rings (SSSR count). The highest BCUT2D eigenvalue weighted by Crippen LogP contribution is 2.18. The van der Waals surface area contributed by atoms with Gasteiger partial charge in [-0.15, -0.1) is 0 Å². The number of nitrogens with one attached hydrogen (secondary N) is 2. The van der Waals surface area contributed by atoms with Crippen molar-refractivity contribution >= 4 is 11.6 Å². The molecular weight excluding hydrogens is 348 g/mol. The first kappa shape index (κ1) is 19.6. The van der Waals surface area contributed by atoms with Crippen molar-refractivity contribution in [2.45, 2.75) is 32.5 Å². The molecule has 2 atom stereocenters. The zero-order chi connectivity index (χ0) is 19.8. The van der Waals surface area contributed by atoms with Crippen LogP contribution in [0.5, 0.6) is 5.75 Å². The second kappa shape index (κ2) is 9.72. The largest absolute Gasteiger partial charge is 0.489 e. The van der Waals surface area contributed by atoms with Crippen molar-refractivity contribution in [3.05, 3.63) is 96.1 Å². The summed E-state index contributed by atoms with van der Waals surface area (Å²) in [6.07, 6.45) is 0. The second-order valence-electron chi connectivity index (χ2n) is 6.81. The van der Waals surface area contributed by atoms with Crippen LogP contribution in [0.3, 0.4) is 0 Å². The van der Waals surface area contributed by atoms with E-state index in [1.807, 2.05) is 79.7 Å². The Morgan fingerprint density at radius 3 is 2.11 bits per heavy atom. The summed E-state index contributed by atoms with van der Waals surface area (Å²) >= 11 is 0. The van der Waals surface area contributed by atoms with Crippen LogP contribution in [-0.4, -0.2) is 11.9 Å². The standard InChI is InChI=1S/C24H26N2O2/c1-18(21-11-7-4-8-12-21)25-19(2)24(27)26-22-13-15-23(16-14-22)28-17-20-9-5-3-6-10-20/h3-16,18-19,25H,17H2,1-2H3,(H,26,27)/t18-,19-/m0/s1. The van der Waals surface area contributed by atoms with Crippen molar-refractivity contribution in [1.82, 2.24) is 5.32 Å². The molecule has 3 aromatic rings. The normalized spacial score (nSPS) is 12.8. The van der Waals surface area contributed by atoms with E-state index >= 15 is 0 Å². The van der Waals surface area contributed by atoms with E-state index in [0.717, 1.165) is 22.6 Å². The molecule has 3 aromatic carbocycles. The summed E-state index contributed by atoms with van der Waals surface area (Å²) in [6, 6.07) is 27.3. The number of benzene rings is 3. The topological polar surface area (TPSA) is 50.4 Å². The molecule has 28 heavy (non-hydrogen) atoms. The predicted octanol–water partition coefficient (Wildman–Crippen LogP) is 4.94. The molecule has 0 fully saturated rings. The van der Waals surface area contributed by atoms with Crippen LogP contribution in [0.1, 0.15) is 31.0 Å². The molecule has 0 aliphatic carbocycles. The average molecular weight is 374 g/mol. The number of hydrogen-bond acceptors (Lipinski definition) is 3. The Morgan fingerprint density at radius 2 is 1.46 bits per heavy atom. The number of hydrogen-bond donors (Lipinski definition) is 2. The minimum atomic E-state index is -0.316. The van der Waals surface area contributed by atoms with E-state index in [0.29, 0.717) is 6.61 Å². The molecular formula is C24H26N2O2.